The van der Waals surface area contributed by atoms with Gasteiger partial charge in [0.1, 0.15) is 0 Å². The molecule has 0 saturated heterocycles. The van der Waals surface area contributed by atoms with Crippen molar-refractivity contribution in [2.75, 3.05) is 46.1 Å². The van der Waals surface area contributed by atoms with Crippen molar-refractivity contribution in [1.29, 1.82) is 0 Å². The molecule has 0 rings (SSSR count). The van der Waals surface area contributed by atoms with Gasteiger partial charge in [0.2, 0.25) is 0 Å². The smallest absolute Gasteiger partial charge is 0.0701 e. The summed E-state index contributed by atoms with van der Waals surface area (Å²) in [4.78, 5) is 0. The summed E-state index contributed by atoms with van der Waals surface area (Å²) in [5.41, 5.74) is 0. The third-order valence-corrected chi connectivity index (χ3v) is 1.84. The van der Waals surface area contributed by atoms with Crippen LogP contribution in [0.1, 0.15) is 34.6 Å². The Balaban J connectivity index is 0. The SMILES string of the molecule is CC.CCNCCOCCOCCNC(C)C. The molecule has 0 aliphatic carbocycles. The molecule has 0 saturated carbocycles. The van der Waals surface area contributed by atoms with Crippen molar-refractivity contribution in [2.24, 2.45) is 0 Å². The van der Waals surface area contributed by atoms with Crippen molar-refractivity contribution in [3.63, 3.8) is 0 Å². The summed E-state index contributed by atoms with van der Waals surface area (Å²) in [5, 5.41) is 6.48. The lowest BCUT2D eigenvalue weighted by Gasteiger charge is -2.08. The fourth-order valence-electron chi connectivity index (χ4n) is 1.06. The van der Waals surface area contributed by atoms with Gasteiger partial charge in [-0.05, 0) is 6.54 Å². The zero-order valence-corrected chi connectivity index (χ0v) is 12.3. The van der Waals surface area contributed by atoms with Crippen LogP contribution in [0.2, 0.25) is 0 Å². The molecule has 0 aliphatic rings. The van der Waals surface area contributed by atoms with Gasteiger partial charge in [0, 0.05) is 19.1 Å². The molecular weight excluding hydrogens is 216 g/mol. The highest BCUT2D eigenvalue weighted by Gasteiger charge is 1.92. The van der Waals surface area contributed by atoms with Crippen molar-refractivity contribution >= 4 is 0 Å². The van der Waals surface area contributed by atoms with Gasteiger partial charge in [0.25, 0.3) is 0 Å². The Morgan fingerprint density at radius 2 is 1.41 bits per heavy atom. The predicted molar refractivity (Wildman–Crippen MR) is 74.7 cm³/mol. The number of ether oxygens (including phenoxy) is 2. The van der Waals surface area contributed by atoms with E-state index in [0.717, 1.165) is 32.8 Å². The first-order valence-corrected chi connectivity index (χ1v) is 6.87. The standard InChI is InChI=1S/C11H26N2O2.C2H6/c1-4-12-5-7-14-9-10-15-8-6-13-11(2)3;1-2/h11-13H,4-10H2,1-3H3;1-2H3. The van der Waals surface area contributed by atoms with E-state index in [1.165, 1.54) is 0 Å². The van der Waals surface area contributed by atoms with Crippen molar-refractivity contribution in [2.45, 2.75) is 40.7 Å². The molecule has 0 aliphatic heterocycles. The zero-order chi connectivity index (χ0) is 13.4. The molecule has 0 radical (unpaired) electrons. The van der Waals surface area contributed by atoms with Crippen molar-refractivity contribution < 1.29 is 9.47 Å². The van der Waals surface area contributed by atoms with E-state index < -0.39 is 0 Å². The Morgan fingerprint density at radius 3 is 1.88 bits per heavy atom. The number of nitrogens with one attached hydrogen (secondary N) is 2. The fourth-order valence-corrected chi connectivity index (χ4v) is 1.06. The second-order valence-corrected chi connectivity index (χ2v) is 3.69. The Bertz CT molecular complexity index is 122. The van der Waals surface area contributed by atoms with Crippen LogP contribution in [0.15, 0.2) is 0 Å². The van der Waals surface area contributed by atoms with Gasteiger partial charge in [0.05, 0.1) is 26.4 Å². The van der Waals surface area contributed by atoms with Crippen molar-refractivity contribution in [3.8, 4) is 0 Å². The summed E-state index contributed by atoms with van der Waals surface area (Å²) < 4.78 is 10.7. The van der Waals surface area contributed by atoms with Crippen LogP contribution < -0.4 is 10.6 Å². The molecule has 17 heavy (non-hydrogen) atoms. The van der Waals surface area contributed by atoms with E-state index in [4.69, 9.17) is 9.47 Å². The average Bonchev–Trinajstić information content (AvgIpc) is 2.34. The van der Waals surface area contributed by atoms with Crippen molar-refractivity contribution in [3.05, 3.63) is 0 Å². The molecule has 106 valence electrons. The third kappa shape index (κ3) is 21.6. The zero-order valence-electron chi connectivity index (χ0n) is 12.3. The Labute approximate surface area is 107 Å². The first-order chi connectivity index (χ1) is 8.27. The van der Waals surface area contributed by atoms with Gasteiger partial charge in [-0.2, -0.15) is 0 Å². The number of likely N-dealkylation sites (N-methyl/N-ethyl adjacent to an activating group) is 1. The highest BCUT2D eigenvalue weighted by molar-refractivity contribution is 4.50. The minimum absolute atomic E-state index is 0.532. The fraction of sp³-hybridized carbons (Fsp3) is 1.00. The molecule has 4 nitrogen and oxygen atoms in total. The van der Waals surface area contributed by atoms with Crippen LogP contribution in [0.4, 0.5) is 0 Å². The first-order valence-electron chi connectivity index (χ1n) is 6.87. The quantitative estimate of drug-likeness (QED) is 0.546. The van der Waals surface area contributed by atoms with E-state index in [0.29, 0.717) is 19.3 Å². The normalized spacial score (nSPS) is 10.2. The Morgan fingerprint density at radius 1 is 0.882 bits per heavy atom. The lowest BCUT2D eigenvalue weighted by Crippen LogP contribution is -2.27. The van der Waals surface area contributed by atoms with E-state index in [2.05, 4.69) is 31.4 Å². The minimum atomic E-state index is 0.532. The van der Waals surface area contributed by atoms with Gasteiger partial charge >= 0.3 is 0 Å². The number of rotatable bonds is 11. The molecule has 0 bridgehead atoms. The van der Waals surface area contributed by atoms with Gasteiger partial charge < -0.3 is 20.1 Å². The highest BCUT2D eigenvalue weighted by Crippen LogP contribution is 1.79. The second kappa shape index (κ2) is 18.2. The summed E-state index contributed by atoms with van der Waals surface area (Å²) in [6.07, 6.45) is 0. The second-order valence-electron chi connectivity index (χ2n) is 3.69. The molecule has 4 heteroatoms. The Hall–Kier alpha value is -0.160. The molecular formula is C13H32N2O2. The summed E-state index contributed by atoms with van der Waals surface area (Å²) in [5.74, 6) is 0. The Kier molecular flexibility index (Phi) is 20.6. The van der Waals surface area contributed by atoms with E-state index in [9.17, 15) is 0 Å². The van der Waals surface area contributed by atoms with Crippen LogP contribution in [0, 0.1) is 0 Å². The molecule has 2 N–H and O–H groups in total. The van der Waals surface area contributed by atoms with Crippen LogP contribution >= 0.6 is 0 Å². The van der Waals surface area contributed by atoms with E-state index in [1.807, 2.05) is 13.8 Å². The maximum atomic E-state index is 5.38. The average molecular weight is 248 g/mol. The molecule has 0 fully saturated rings. The predicted octanol–water partition coefficient (Wildman–Crippen LogP) is 1.65. The molecule has 0 aromatic heterocycles. The molecule has 0 amide bonds. The lowest BCUT2D eigenvalue weighted by atomic mass is 10.4. The summed E-state index contributed by atoms with van der Waals surface area (Å²) in [7, 11) is 0. The van der Waals surface area contributed by atoms with E-state index in [1.54, 1.807) is 0 Å². The van der Waals surface area contributed by atoms with Crippen LogP contribution in [-0.4, -0.2) is 52.1 Å². The summed E-state index contributed by atoms with van der Waals surface area (Å²) >= 11 is 0. The van der Waals surface area contributed by atoms with E-state index in [-0.39, 0.29) is 0 Å². The van der Waals surface area contributed by atoms with Crippen LogP contribution in [0.25, 0.3) is 0 Å². The van der Waals surface area contributed by atoms with E-state index >= 15 is 0 Å². The molecule has 0 heterocycles. The minimum Gasteiger partial charge on any atom is -0.378 e. The molecule has 0 aromatic carbocycles. The lowest BCUT2D eigenvalue weighted by molar-refractivity contribution is 0.0496. The summed E-state index contributed by atoms with van der Waals surface area (Å²) in [6, 6.07) is 0.532. The van der Waals surface area contributed by atoms with Gasteiger partial charge in [-0.1, -0.05) is 34.6 Å². The van der Waals surface area contributed by atoms with Crippen LogP contribution in [0.5, 0.6) is 0 Å². The third-order valence-electron chi connectivity index (χ3n) is 1.84. The molecule has 0 atom stereocenters. The molecule has 0 unspecified atom stereocenters. The van der Waals surface area contributed by atoms with Gasteiger partial charge in [-0.15, -0.1) is 0 Å². The maximum absolute atomic E-state index is 5.38. The van der Waals surface area contributed by atoms with Crippen molar-refractivity contribution in [1.82, 2.24) is 10.6 Å². The van der Waals surface area contributed by atoms with Crippen LogP contribution in [0.3, 0.4) is 0 Å². The molecule has 0 spiro atoms. The number of hydrogen-bond acceptors (Lipinski definition) is 4. The topological polar surface area (TPSA) is 42.5 Å². The van der Waals surface area contributed by atoms with Gasteiger partial charge in [-0.25, -0.2) is 0 Å². The monoisotopic (exact) mass is 248 g/mol. The maximum Gasteiger partial charge on any atom is 0.0701 e. The van der Waals surface area contributed by atoms with Crippen LogP contribution in [-0.2, 0) is 9.47 Å². The summed E-state index contributed by atoms with van der Waals surface area (Å²) in [6.45, 7) is 16.1. The first kappa shape index (κ1) is 19.2. The van der Waals surface area contributed by atoms with Gasteiger partial charge in [-0.3, -0.25) is 0 Å². The largest absolute Gasteiger partial charge is 0.378 e. The molecule has 0 aromatic rings. The van der Waals surface area contributed by atoms with Gasteiger partial charge in [0.15, 0.2) is 0 Å². The highest BCUT2D eigenvalue weighted by atomic mass is 16.5. The number of hydrogen-bond donors (Lipinski definition) is 2.